The van der Waals surface area contributed by atoms with Crippen LogP contribution in [0.2, 0.25) is 5.02 Å². The van der Waals surface area contributed by atoms with E-state index in [-0.39, 0.29) is 12.3 Å². The van der Waals surface area contributed by atoms with Crippen molar-refractivity contribution in [3.8, 4) is 11.3 Å². The highest BCUT2D eigenvalue weighted by Crippen LogP contribution is 2.22. The summed E-state index contributed by atoms with van der Waals surface area (Å²) in [6.45, 7) is 1.41. The summed E-state index contributed by atoms with van der Waals surface area (Å²) in [5, 5.41) is 11.7. The molecule has 22 heavy (non-hydrogen) atoms. The average molecular weight is 323 g/mol. The molecule has 0 bridgehead atoms. The predicted octanol–water partition coefficient (Wildman–Crippen LogP) is 2.52. The predicted molar refractivity (Wildman–Crippen MR) is 80.5 cm³/mol. The van der Waals surface area contributed by atoms with Crippen LogP contribution in [-0.2, 0) is 16.0 Å². The number of carbonyl (C=O) groups is 2. The number of carboxylic acids is 1. The Morgan fingerprint density at radius 3 is 2.68 bits per heavy atom. The lowest BCUT2D eigenvalue weighted by Gasteiger charge is -2.07. The van der Waals surface area contributed by atoms with Gasteiger partial charge in [-0.15, -0.1) is 0 Å². The van der Waals surface area contributed by atoms with Crippen molar-refractivity contribution in [2.24, 2.45) is 0 Å². The first kappa shape index (κ1) is 16.0. The molecule has 2 N–H and O–H groups in total. The largest absolute Gasteiger partial charge is 0.480 e. The minimum Gasteiger partial charge on any atom is -0.480 e. The number of nitrogens with zero attached hydrogens (tertiary/aromatic N) is 1. The fourth-order valence-electron chi connectivity index (χ4n) is 1.77. The molecule has 2 aromatic rings. The van der Waals surface area contributed by atoms with Crippen molar-refractivity contribution < 1.29 is 19.1 Å². The monoisotopic (exact) mass is 322 g/mol. The van der Waals surface area contributed by atoms with Gasteiger partial charge in [0.05, 0.1) is 6.20 Å². The molecule has 0 unspecified atom stereocenters. The highest BCUT2D eigenvalue weighted by Gasteiger charge is 2.15. The highest BCUT2D eigenvalue weighted by atomic mass is 35.5. The fourth-order valence-corrected chi connectivity index (χ4v) is 1.90. The van der Waals surface area contributed by atoms with E-state index in [4.69, 9.17) is 21.1 Å². The lowest BCUT2D eigenvalue weighted by Crippen LogP contribution is -2.38. The van der Waals surface area contributed by atoms with Gasteiger partial charge in [0.25, 0.3) is 0 Å². The van der Waals surface area contributed by atoms with Crippen LogP contribution in [0.1, 0.15) is 19.2 Å². The summed E-state index contributed by atoms with van der Waals surface area (Å²) in [6, 6.07) is 6.21. The Morgan fingerprint density at radius 2 is 2.05 bits per heavy atom. The molecule has 1 aromatic heterocycles. The standard InChI is InChI=1S/C15H15ClN2O4/c1-9(15(20)21)18-13(19)6-7-14-17-8-12(22-14)10-2-4-11(16)5-3-10/h2-5,8-9H,6-7H2,1H3,(H,18,19)(H,20,21)/t9-/m1/s1. The van der Waals surface area contributed by atoms with Crippen LogP contribution >= 0.6 is 11.6 Å². The summed E-state index contributed by atoms with van der Waals surface area (Å²) in [5.74, 6) is -0.426. The summed E-state index contributed by atoms with van der Waals surface area (Å²) < 4.78 is 5.56. The van der Waals surface area contributed by atoms with Crippen molar-refractivity contribution in [1.82, 2.24) is 10.3 Å². The van der Waals surface area contributed by atoms with E-state index < -0.39 is 12.0 Å². The molecule has 0 aliphatic carbocycles. The average Bonchev–Trinajstić information content (AvgIpc) is 2.94. The fraction of sp³-hybridized carbons (Fsp3) is 0.267. The molecular formula is C15H15ClN2O4. The third-order valence-electron chi connectivity index (χ3n) is 3.00. The Hall–Kier alpha value is -2.34. The third-order valence-corrected chi connectivity index (χ3v) is 3.25. The number of benzene rings is 1. The molecule has 2 rings (SSSR count). The van der Waals surface area contributed by atoms with Gasteiger partial charge in [-0.05, 0) is 31.2 Å². The van der Waals surface area contributed by atoms with Gasteiger partial charge in [-0.1, -0.05) is 11.6 Å². The third kappa shape index (κ3) is 4.33. The summed E-state index contributed by atoms with van der Waals surface area (Å²) in [6.07, 6.45) is 1.99. The van der Waals surface area contributed by atoms with Gasteiger partial charge in [-0.3, -0.25) is 9.59 Å². The van der Waals surface area contributed by atoms with Gasteiger partial charge in [0.15, 0.2) is 11.7 Å². The van der Waals surface area contributed by atoms with Crippen molar-refractivity contribution in [3.05, 3.63) is 41.4 Å². The number of amides is 1. The SMILES string of the molecule is C[C@@H](NC(=O)CCc1ncc(-c2ccc(Cl)cc2)o1)C(=O)O. The van der Waals surface area contributed by atoms with Gasteiger partial charge < -0.3 is 14.8 Å². The second-order valence-electron chi connectivity index (χ2n) is 4.75. The van der Waals surface area contributed by atoms with E-state index in [0.29, 0.717) is 23.1 Å². The molecule has 7 heteroatoms. The van der Waals surface area contributed by atoms with Gasteiger partial charge in [-0.2, -0.15) is 0 Å². The maximum Gasteiger partial charge on any atom is 0.325 e. The molecule has 1 atom stereocenters. The molecule has 1 amide bonds. The number of carbonyl (C=O) groups excluding carboxylic acids is 1. The second-order valence-corrected chi connectivity index (χ2v) is 5.19. The smallest absolute Gasteiger partial charge is 0.325 e. The van der Waals surface area contributed by atoms with Crippen molar-refractivity contribution in [1.29, 1.82) is 0 Å². The Bertz CT molecular complexity index is 666. The van der Waals surface area contributed by atoms with Gasteiger partial charge in [-0.25, -0.2) is 4.98 Å². The highest BCUT2D eigenvalue weighted by molar-refractivity contribution is 6.30. The molecule has 1 heterocycles. The molecule has 0 radical (unpaired) electrons. The van der Waals surface area contributed by atoms with Crippen molar-refractivity contribution in [2.45, 2.75) is 25.8 Å². The first-order valence-corrected chi connectivity index (χ1v) is 7.06. The van der Waals surface area contributed by atoms with Crippen LogP contribution in [-0.4, -0.2) is 28.0 Å². The molecule has 0 spiro atoms. The van der Waals surface area contributed by atoms with Crippen molar-refractivity contribution in [3.63, 3.8) is 0 Å². The molecule has 6 nitrogen and oxygen atoms in total. The maximum atomic E-state index is 11.6. The van der Waals surface area contributed by atoms with Crippen LogP contribution in [0.15, 0.2) is 34.9 Å². The second kappa shape index (κ2) is 7.09. The number of aromatic nitrogens is 1. The molecule has 0 aliphatic rings. The number of oxazole rings is 1. The minimum absolute atomic E-state index is 0.109. The lowest BCUT2D eigenvalue weighted by atomic mass is 10.2. The topological polar surface area (TPSA) is 92.4 Å². The van der Waals surface area contributed by atoms with E-state index in [1.807, 2.05) is 12.1 Å². The lowest BCUT2D eigenvalue weighted by molar-refractivity contribution is -0.141. The van der Waals surface area contributed by atoms with Gasteiger partial charge in [0.1, 0.15) is 6.04 Å². The Labute approximate surface area is 132 Å². The van der Waals surface area contributed by atoms with E-state index in [2.05, 4.69) is 10.3 Å². The number of aryl methyl sites for hydroxylation is 1. The first-order chi connectivity index (χ1) is 10.5. The minimum atomic E-state index is -1.07. The van der Waals surface area contributed by atoms with Crippen LogP contribution in [0, 0.1) is 0 Å². The first-order valence-electron chi connectivity index (χ1n) is 6.68. The van der Waals surface area contributed by atoms with Crippen molar-refractivity contribution >= 4 is 23.5 Å². The Balaban J connectivity index is 1.91. The number of aliphatic carboxylic acids is 1. The number of halogens is 1. The zero-order chi connectivity index (χ0) is 16.1. The number of rotatable bonds is 6. The number of hydrogen-bond acceptors (Lipinski definition) is 4. The zero-order valence-electron chi connectivity index (χ0n) is 11.9. The number of nitrogens with one attached hydrogen (secondary N) is 1. The van der Waals surface area contributed by atoms with E-state index in [9.17, 15) is 9.59 Å². The number of carboxylic acid groups (broad SMARTS) is 1. The van der Waals surface area contributed by atoms with Crippen LogP contribution < -0.4 is 5.32 Å². The number of hydrogen-bond donors (Lipinski definition) is 2. The molecule has 0 saturated carbocycles. The maximum absolute atomic E-state index is 11.6. The zero-order valence-corrected chi connectivity index (χ0v) is 12.6. The molecular weight excluding hydrogens is 308 g/mol. The van der Waals surface area contributed by atoms with Crippen LogP contribution in [0.5, 0.6) is 0 Å². The van der Waals surface area contributed by atoms with E-state index in [0.717, 1.165) is 5.56 Å². The summed E-state index contributed by atoms with van der Waals surface area (Å²) in [7, 11) is 0. The Morgan fingerprint density at radius 1 is 1.36 bits per heavy atom. The van der Waals surface area contributed by atoms with Gasteiger partial charge >= 0.3 is 5.97 Å². The van der Waals surface area contributed by atoms with E-state index in [1.54, 1.807) is 18.3 Å². The van der Waals surface area contributed by atoms with Crippen LogP contribution in [0.3, 0.4) is 0 Å². The van der Waals surface area contributed by atoms with Crippen molar-refractivity contribution in [2.75, 3.05) is 0 Å². The quantitative estimate of drug-likeness (QED) is 0.852. The molecule has 0 fully saturated rings. The molecule has 0 saturated heterocycles. The molecule has 0 aliphatic heterocycles. The van der Waals surface area contributed by atoms with E-state index in [1.165, 1.54) is 6.92 Å². The molecule has 116 valence electrons. The van der Waals surface area contributed by atoms with Crippen LogP contribution in [0.4, 0.5) is 0 Å². The summed E-state index contributed by atoms with van der Waals surface area (Å²) in [5.41, 5.74) is 0.840. The van der Waals surface area contributed by atoms with Gasteiger partial charge in [0, 0.05) is 23.4 Å². The normalized spacial score (nSPS) is 11.9. The summed E-state index contributed by atoms with van der Waals surface area (Å²) in [4.78, 5) is 26.3. The Kier molecular flexibility index (Phi) is 5.16. The molecule has 1 aromatic carbocycles. The van der Waals surface area contributed by atoms with E-state index >= 15 is 0 Å². The van der Waals surface area contributed by atoms with Crippen LogP contribution in [0.25, 0.3) is 11.3 Å². The summed E-state index contributed by atoms with van der Waals surface area (Å²) >= 11 is 5.82. The van der Waals surface area contributed by atoms with Gasteiger partial charge in [0.2, 0.25) is 5.91 Å².